The number of para-hydroxylation sites is 5. The molecule has 0 aliphatic heterocycles. The van der Waals surface area contributed by atoms with Crippen LogP contribution in [-0.2, 0) is 120 Å². The second-order valence-electron chi connectivity index (χ2n) is 32.5. The normalized spacial score (nSPS) is 11.3. The van der Waals surface area contributed by atoms with Gasteiger partial charge in [-0.15, -0.1) is 118 Å². The minimum absolute atomic E-state index is 0. The first-order valence-electron chi connectivity index (χ1n) is 37.7. The molecular formula is C101H91F7N5O4Pt2W3-5. The summed E-state index contributed by atoms with van der Waals surface area (Å²) < 4.78 is 92.6. The number of benzene rings is 10. The molecule has 2 N–H and O–H groups in total. The van der Waals surface area contributed by atoms with E-state index in [1.807, 2.05) is 205 Å². The average Bonchev–Trinajstić information content (AvgIpc) is 0.835. The summed E-state index contributed by atoms with van der Waals surface area (Å²) >= 11 is 0. The number of carbonyl (C=O) groups excluding carboxylic acids is 2. The average molecular weight is 2510 g/mol. The quantitative estimate of drug-likeness (QED) is 0.0691. The van der Waals surface area contributed by atoms with Crippen LogP contribution >= 0.6 is 0 Å². The second kappa shape index (κ2) is 46.9. The van der Waals surface area contributed by atoms with E-state index in [1.165, 1.54) is 41.3 Å². The van der Waals surface area contributed by atoms with E-state index in [0.29, 0.717) is 38.8 Å². The molecule has 10 aromatic carbocycles. The van der Waals surface area contributed by atoms with Gasteiger partial charge >= 0.3 is 0 Å². The standard InChI is InChI=1S/C19H18N.3C15H8F2N.C15H9FN.2C11H20O2.2Pt.3W/c1-19(2,3)16-10-4-8-15(13-16)17-11-5-7-14-9-6-12-20-18(14)17;2*16-11-6-7-12(14(17)9-11)13-5-1-3-10-4-2-8-18-15(10)13;16-12-7-11(8-13(17)9-12)14-5-1-3-10-4-2-6-18-15(10)14;16-13-8-6-11(7-9-13)14-5-1-3-12-4-2-10-17-15(12)14;2*1-10(2,3)8(12)7-9(13)11(4,5)6;;;;;/h4-7,9-13H,1-3H3;2*1-6,8-9H;1-7,9H;1-6,8-10H;2*7,12H,1-6H3;;;;;/q5*-1;;;;;;;. The van der Waals surface area contributed by atoms with Crippen molar-refractivity contribution in [3.63, 3.8) is 0 Å². The van der Waals surface area contributed by atoms with Crippen molar-refractivity contribution in [2.45, 2.75) is 109 Å². The molecule has 0 spiro atoms. The van der Waals surface area contributed by atoms with Gasteiger partial charge in [0.2, 0.25) is 0 Å². The number of aliphatic hydroxyl groups excluding tert-OH is 2. The topological polar surface area (TPSA) is 139 Å². The fourth-order valence-corrected chi connectivity index (χ4v) is 11.3. The predicted molar refractivity (Wildman–Crippen MR) is 458 cm³/mol. The Hall–Kier alpha value is -9.38. The van der Waals surface area contributed by atoms with E-state index in [1.54, 1.807) is 49.1 Å². The van der Waals surface area contributed by atoms with Gasteiger partial charge in [0.25, 0.3) is 0 Å². The second-order valence-corrected chi connectivity index (χ2v) is 32.5. The Morgan fingerprint density at radius 1 is 0.328 bits per heavy atom. The Balaban J connectivity index is 0.000000298. The number of rotatable bonds is 7. The van der Waals surface area contributed by atoms with Gasteiger partial charge in [0, 0.05) is 238 Å². The van der Waals surface area contributed by atoms with Crippen LogP contribution < -0.4 is 0 Å². The van der Waals surface area contributed by atoms with E-state index in [9.17, 15) is 50.5 Å². The molecule has 21 heteroatoms. The number of aliphatic hydroxyl groups is 2. The van der Waals surface area contributed by atoms with E-state index in [2.05, 4.69) is 112 Å². The van der Waals surface area contributed by atoms with Crippen LogP contribution in [0, 0.1) is 92.7 Å². The molecule has 0 amide bonds. The fourth-order valence-electron chi connectivity index (χ4n) is 11.3. The van der Waals surface area contributed by atoms with Gasteiger partial charge in [0.15, 0.2) is 11.6 Å². The first-order chi connectivity index (χ1) is 55.2. The number of nitrogens with zero attached hydrogens (tertiary/aromatic N) is 5. The van der Waals surface area contributed by atoms with E-state index >= 15 is 0 Å². The molecule has 5 aromatic heterocycles. The third kappa shape index (κ3) is 29.7. The van der Waals surface area contributed by atoms with Gasteiger partial charge in [0.05, 0.1) is 0 Å². The third-order valence-electron chi connectivity index (χ3n) is 18.1. The summed E-state index contributed by atoms with van der Waals surface area (Å²) in [5, 5.41) is 24.1. The van der Waals surface area contributed by atoms with Gasteiger partial charge < -0.3 is 10.2 Å². The van der Waals surface area contributed by atoms with Crippen molar-refractivity contribution >= 4 is 66.1 Å². The molecule has 0 saturated carbocycles. The third-order valence-corrected chi connectivity index (χ3v) is 18.1. The van der Waals surface area contributed by atoms with Crippen molar-refractivity contribution in [1.29, 1.82) is 0 Å². The predicted octanol–water partition coefficient (Wildman–Crippen LogP) is 26.9. The number of ketones is 2. The van der Waals surface area contributed by atoms with Gasteiger partial charge in [0.1, 0.15) is 11.5 Å². The fraction of sp³-hybridized carbons (Fsp3) is 0.198. The van der Waals surface area contributed by atoms with E-state index in [-0.39, 0.29) is 162 Å². The number of halogens is 7. The van der Waals surface area contributed by atoms with Crippen molar-refractivity contribution in [1.82, 2.24) is 24.9 Å². The number of hydrogen-bond donors (Lipinski definition) is 2. The number of allylic oxidation sites excluding steroid dienone is 4. The summed E-state index contributed by atoms with van der Waals surface area (Å²) in [5.74, 6) is -3.93. The zero-order valence-corrected chi connectivity index (χ0v) is 83.2. The maximum Gasteiger partial charge on any atom is 0.164 e. The largest absolute Gasteiger partial charge is 0.512 e. The van der Waals surface area contributed by atoms with E-state index < -0.39 is 45.7 Å². The van der Waals surface area contributed by atoms with Crippen LogP contribution in [-0.4, -0.2) is 46.7 Å². The minimum atomic E-state index is -0.710. The summed E-state index contributed by atoms with van der Waals surface area (Å²) in [6.07, 6.45) is 11.2. The number of fused-ring (bicyclic) bond motifs is 5. The number of carbonyl (C=O) groups is 2. The minimum Gasteiger partial charge on any atom is -0.512 e. The summed E-state index contributed by atoms with van der Waals surface area (Å²) in [4.78, 5) is 44.6. The molecule has 0 radical (unpaired) electrons. The molecule has 0 aliphatic carbocycles. The summed E-state index contributed by atoms with van der Waals surface area (Å²) in [6, 6.07) is 78.8. The molecule has 9 nitrogen and oxygen atoms in total. The Kier molecular flexibility index (Phi) is 40.4. The van der Waals surface area contributed by atoms with Crippen LogP contribution in [0.3, 0.4) is 0 Å². The van der Waals surface area contributed by atoms with Crippen LogP contribution in [0.5, 0.6) is 0 Å². The molecule has 0 unspecified atom stereocenters. The summed E-state index contributed by atoms with van der Waals surface area (Å²) in [6.45, 7) is 28.9. The van der Waals surface area contributed by atoms with Crippen LogP contribution in [0.1, 0.15) is 109 Å². The van der Waals surface area contributed by atoms with Crippen molar-refractivity contribution in [2.24, 2.45) is 21.7 Å². The number of aromatic nitrogens is 5. The Morgan fingerprint density at radius 3 is 0.959 bits per heavy atom. The Labute approximate surface area is 782 Å². The summed E-state index contributed by atoms with van der Waals surface area (Å²) in [5.41, 5.74) is 10.8. The molecule has 0 saturated heterocycles. The first-order valence-corrected chi connectivity index (χ1v) is 37.7. The Morgan fingerprint density at radius 2 is 0.648 bits per heavy atom. The van der Waals surface area contributed by atoms with Crippen molar-refractivity contribution in [2.75, 3.05) is 0 Å². The molecule has 15 aromatic rings. The van der Waals surface area contributed by atoms with Crippen molar-refractivity contribution in [3.8, 4) is 55.6 Å². The molecule has 0 atom stereocenters. The molecule has 0 fully saturated rings. The molecule has 636 valence electrons. The van der Waals surface area contributed by atoms with Crippen molar-refractivity contribution < 1.29 is 156 Å². The zero-order chi connectivity index (χ0) is 85.2. The number of hydrogen-bond acceptors (Lipinski definition) is 9. The maximum absolute atomic E-state index is 13.8. The van der Waals surface area contributed by atoms with Crippen LogP contribution in [0.4, 0.5) is 30.7 Å². The SMILES string of the molecule is CC(C)(C)C(=O)C=C(O)C(C)(C)C.CC(C)(C)C(=O)C=C(O)C(C)(C)C.CC(C)(C)c1cc[c-]c(-c2cccc3cccnc23)c1.Fc1[c-]c(-c2cccc3cccnc23)cc(F)c1.Fc1c[c-]c(-c2cccc3cccnc23)c(F)c1.Fc1c[c-]c(-c2cccc3cccnc23)c(F)c1.Fc1c[c-]c(-c2cccc3cccnc23)cc1.[Pt].[Pt].[W].[W].[W]. The van der Waals surface area contributed by atoms with E-state index in [0.717, 1.165) is 85.2 Å². The van der Waals surface area contributed by atoms with Crippen molar-refractivity contribution in [3.05, 3.63) is 356 Å². The number of pyridine rings is 5. The smallest absolute Gasteiger partial charge is 0.164 e. The molecule has 122 heavy (non-hydrogen) atoms. The van der Waals surface area contributed by atoms with Crippen LogP contribution in [0.25, 0.3) is 110 Å². The Bertz CT molecular complexity index is 5860. The van der Waals surface area contributed by atoms with Gasteiger partial charge in [-0.3, -0.25) is 56.5 Å². The monoisotopic (exact) mass is 2510 g/mol. The van der Waals surface area contributed by atoms with Crippen LogP contribution in [0.2, 0.25) is 0 Å². The van der Waals surface area contributed by atoms with Gasteiger partial charge in [-0.1, -0.05) is 271 Å². The zero-order valence-electron chi connectivity index (χ0n) is 69.9. The van der Waals surface area contributed by atoms with Crippen LogP contribution in [0.15, 0.2) is 279 Å². The van der Waals surface area contributed by atoms with E-state index in [4.69, 9.17) is 0 Å². The van der Waals surface area contributed by atoms with Gasteiger partial charge in [-0.25, -0.2) is 8.78 Å². The van der Waals surface area contributed by atoms with Gasteiger partial charge in [-0.2, -0.15) is 0 Å². The van der Waals surface area contributed by atoms with Gasteiger partial charge in [-0.05, 0) is 62.7 Å². The molecular weight excluding hydrogens is 2420 g/mol. The molecule has 0 bridgehead atoms. The first kappa shape index (κ1) is 105. The molecule has 0 aliphatic rings. The molecule has 5 heterocycles. The maximum atomic E-state index is 13.8. The molecule has 15 rings (SSSR count). The summed E-state index contributed by atoms with van der Waals surface area (Å²) in [7, 11) is 0.